The molecule has 3 atom stereocenters. The molecular formula is C47H53N5O5. The van der Waals surface area contributed by atoms with Crippen molar-refractivity contribution in [3.8, 4) is 11.1 Å². The summed E-state index contributed by atoms with van der Waals surface area (Å²) in [6.07, 6.45) is 0.930. The molecule has 5 aromatic rings. The fourth-order valence-corrected chi connectivity index (χ4v) is 7.58. The minimum Gasteiger partial charge on any atom is -0.397 e. The van der Waals surface area contributed by atoms with Crippen LogP contribution in [0.4, 0.5) is 11.4 Å². The Hall–Kier alpha value is -5.36. The summed E-state index contributed by atoms with van der Waals surface area (Å²) >= 11 is 0. The molecule has 0 aliphatic carbocycles. The average Bonchev–Trinajstić information content (AvgIpc) is 3.25. The van der Waals surface area contributed by atoms with E-state index >= 15 is 0 Å². The number of nitrogens with one attached hydrogen (secondary N) is 2. The van der Waals surface area contributed by atoms with E-state index in [1.807, 2.05) is 42.5 Å². The molecule has 7 rings (SSSR count). The summed E-state index contributed by atoms with van der Waals surface area (Å²) in [5, 5.41) is 15.5. The van der Waals surface area contributed by atoms with Crippen molar-refractivity contribution in [3.63, 3.8) is 0 Å². The monoisotopic (exact) mass is 767 g/mol. The molecule has 57 heavy (non-hydrogen) atoms. The second kappa shape index (κ2) is 19.7. The van der Waals surface area contributed by atoms with E-state index in [1.165, 1.54) is 5.56 Å². The lowest BCUT2D eigenvalue weighted by Gasteiger charge is -2.40. The highest BCUT2D eigenvalue weighted by atomic mass is 16.7. The molecular weight excluding hydrogens is 715 g/mol. The van der Waals surface area contributed by atoms with Gasteiger partial charge in [0.2, 0.25) is 11.8 Å². The number of ether oxygens (including phenoxy) is 2. The molecule has 0 bridgehead atoms. The zero-order valence-corrected chi connectivity index (χ0v) is 32.4. The van der Waals surface area contributed by atoms with Crippen molar-refractivity contribution in [1.82, 2.24) is 15.1 Å². The Kier molecular flexibility index (Phi) is 13.8. The number of carbonyl (C=O) groups is 2. The van der Waals surface area contributed by atoms with Crippen LogP contribution >= 0.6 is 0 Å². The number of para-hydroxylation sites is 2. The molecule has 5 N–H and O–H groups in total. The van der Waals surface area contributed by atoms with Crippen molar-refractivity contribution < 1.29 is 24.2 Å². The predicted molar refractivity (Wildman–Crippen MR) is 224 cm³/mol. The molecule has 0 spiro atoms. The van der Waals surface area contributed by atoms with E-state index in [0.717, 1.165) is 79.1 Å². The summed E-state index contributed by atoms with van der Waals surface area (Å²) < 4.78 is 13.4. The molecule has 2 aliphatic rings. The van der Waals surface area contributed by atoms with Gasteiger partial charge < -0.3 is 30.9 Å². The van der Waals surface area contributed by atoms with Crippen molar-refractivity contribution in [3.05, 3.63) is 155 Å². The van der Waals surface area contributed by atoms with E-state index in [1.54, 1.807) is 12.1 Å². The minimum absolute atomic E-state index is 0.00443. The Labute approximate surface area is 335 Å². The fraction of sp³-hybridized carbons (Fsp3) is 0.319. The van der Waals surface area contributed by atoms with Crippen LogP contribution < -0.4 is 16.4 Å². The van der Waals surface area contributed by atoms with Gasteiger partial charge in [-0.2, -0.15) is 0 Å². The zero-order valence-electron chi connectivity index (χ0n) is 32.4. The van der Waals surface area contributed by atoms with Crippen LogP contribution in [-0.2, 0) is 38.8 Å². The Morgan fingerprint density at radius 1 is 0.702 bits per heavy atom. The smallest absolute Gasteiger partial charge is 0.224 e. The third-order valence-electron chi connectivity index (χ3n) is 10.8. The molecule has 2 saturated heterocycles. The molecule has 2 amide bonds. The molecule has 10 nitrogen and oxygen atoms in total. The van der Waals surface area contributed by atoms with E-state index in [9.17, 15) is 14.7 Å². The van der Waals surface area contributed by atoms with E-state index in [-0.39, 0.29) is 43.5 Å². The number of nitrogens with zero attached hydrogens (tertiary/aromatic N) is 2. The minimum atomic E-state index is -0.540. The summed E-state index contributed by atoms with van der Waals surface area (Å²) in [4.78, 5) is 30.2. The van der Waals surface area contributed by atoms with Gasteiger partial charge in [-0.1, -0.05) is 115 Å². The first-order valence-electron chi connectivity index (χ1n) is 20.0. The van der Waals surface area contributed by atoms with Crippen LogP contribution in [0.3, 0.4) is 0 Å². The number of nitrogens with two attached hydrogens (primary N) is 1. The molecule has 2 heterocycles. The first-order valence-corrected chi connectivity index (χ1v) is 20.0. The molecule has 2 fully saturated rings. The highest BCUT2D eigenvalue weighted by molar-refractivity contribution is 5.94. The maximum atomic E-state index is 12.8. The van der Waals surface area contributed by atoms with Crippen molar-refractivity contribution in [2.24, 2.45) is 0 Å². The summed E-state index contributed by atoms with van der Waals surface area (Å²) in [6.45, 7) is 6.20. The lowest BCUT2D eigenvalue weighted by atomic mass is 9.97. The van der Waals surface area contributed by atoms with Crippen molar-refractivity contribution in [1.29, 1.82) is 0 Å². The van der Waals surface area contributed by atoms with Crippen molar-refractivity contribution >= 4 is 23.2 Å². The standard InChI is InChI=1S/C47H53N5O5/c48-42-13-6-7-14-43(42)50-46(55)16-8-15-45(54)49-30-39-11-4-5-12-41(39)36-21-23-38(24-22-36)47-56-40(29-44(57-47)37-19-17-35(33-53)18-20-37)32-52-27-25-51(26-28-52)31-34-9-2-1-3-10-34/h1-7,9-14,17-24,40,44,47,53H,8,15-16,25-33,48H2,(H,49,54)(H,50,55)/t40-,44+,47+/m1/s1. The van der Waals surface area contributed by atoms with Crippen LogP contribution in [0.5, 0.6) is 0 Å². The fourth-order valence-electron chi connectivity index (χ4n) is 7.58. The number of anilines is 2. The number of aliphatic hydroxyl groups excluding tert-OH is 1. The van der Waals surface area contributed by atoms with Gasteiger partial charge in [0.05, 0.1) is 30.2 Å². The molecule has 10 heteroatoms. The summed E-state index contributed by atoms with van der Waals surface area (Å²) in [5.74, 6) is -0.280. The number of carbonyl (C=O) groups excluding carboxylic acids is 2. The maximum Gasteiger partial charge on any atom is 0.224 e. The molecule has 0 radical (unpaired) electrons. The van der Waals surface area contributed by atoms with E-state index in [2.05, 4.69) is 93.2 Å². The number of amides is 2. The van der Waals surface area contributed by atoms with Gasteiger partial charge in [-0.15, -0.1) is 0 Å². The van der Waals surface area contributed by atoms with Crippen LogP contribution in [-0.4, -0.2) is 65.5 Å². The third kappa shape index (κ3) is 11.2. The second-order valence-corrected chi connectivity index (χ2v) is 15.0. The lowest BCUT2D eigenvalue weighted by molar-refractivity contribution is -0.253. The highest BCUT2D eigenvalue weighted by Gasteiger charge is 2.34. The predicted octanol–water partition coefficient (Wildman–Crippen LogP) is 7.22. The van der Waals surface area contributed by atoms with Crippen molar-refractivity contribution in [2.75, 3.05) is 43.8 Å². The average molecular weight is 768 g/mol. The summed E-state index contributed by atoms with van der Waals surface area (Å²) in [7, 11) is 0. The van der Waals surface area contributed by atoms with Gasteiger partial charge in [-0.3, -0.25) is 19.4 Å². The van der Waals surface area contributed by atoms with Crippen LogP contribution in [0, 0.1) is 0 Å². The lowest BCUT2D eigenvalue weighted by Crippen LogP contribution is -2.49. The van der Waals surface area contributed by atoms with Crippen LogP contribution in [0.25, 0.3) is 11.1 Å². The van der Waals surface area contributed by atoms with Gasteiger partial charge in [0.15, 0.2) is 6.29 Å². The topological polar surface area (TPSA) is 129 Å². The van der Waals surface area contributed by atoms with E-state index in [0.29, 0.717) is 24.3 Å². The first-order chi connectivity index (χ1) is 27.9. The van der Waals surface area contributed by atoms with E-state index in [4.69, 9.17) is 15.2 Å². The molecule has 0 aromatic heterocycles. The molecule has 0 unspecified atom stereocenters. The number of piperazine rings is 1. The molecule has 2 aliphatic heterocycles. The normalized spacial score (nSPS) is 18.9. The van der Waals surface area contributed by atoms with Crippen LogP contribution in [0.1, 0.15) is 65.9 Å². The third-order valence-corrected chi connectivity index (χ3v) is 10.8. The quantitative estimate of drug-likeness (QED) is 0.0823. The number of aliphatic hydroxyl groups is 1. The van der Waals surface area contributed by atoms with Gasteiger partial charge >= 0.3 is 0 Å². The van der Waals surface area contributed by atoms with Crippen LogP contribution in [0.2, 0.25) is 0 Å². The Balaban J connectivity index is 0.957. The number of rotatable bonds is 15. The van der Waals surface area contributed by atoms with Crippen LogP contribution in [0.15, 0.2) is 127 Å². The second-order valence-electron chi connectivity index (χ2n) is 15.0. The van der Waals surface area contributed by atoms with Gasteiger partial charge in [-0.25, -0.2) is 0 Å². The van der Waals surface area contributed by atoms with Gasteiger partial charge in [0.25, 0.3) is 0 Å². The Morgan fingerprint density at radius 2 is 1.37 bits per heavy atom. The van der Waals surface area contributed by atoms with Gasteiger partial charge in [-0.05, 0) is 51.9 Å². The zero-order chi connectivity index (χ0) is 39.4. The Bertz CT molecular complexity index is 2050. The maximum absolute atomic E-state index is 12.8. The number of benzene rings is 5. The molecule has 296 valence electrons. The largest absolute Gasteiger partial charge is 0.397 e. The SMILES string of the molecule is Nc1ccccc1NC(=O)CCCC(=O)NCc1ccccc1-c1ccc([C@H]2O[C@@H](CN3CCN(Cc4ccccc4)CC3)C[C@@H](c3ccc(CO)cc3)O2)cc1. The molecule has 5 aromatic carbocycles. The highest BCUT2D eigenvalue weighted by Crippen LogP contribution is 2.39. The Morgan fingerprint density at radius 3 is 2.12 bits per heavy atom. The number of hydrogen-bond donors (Lipinski definition) is 4. The molecule has 0 saturated carbocycles. The van der Waals surface area contributed by atoms with E-state index < -0.39 is 6.29 Å². The van der Waals surface area contributed by atoms with Gasteiger partial charge in [0.1, 0.15) is 0 Å². The number of nitrogen functional groups attached to an aromatic ring is 1. The summed E-state index contributed by atoms with van der Waals surface area (Å²) in [6, 6.07) is 42.2. The van der Waals surface area contributed by atoms with Gasteiger partial charge in [0, 0.05) is 70.6 Å². The summed E-state index contributed by atoms with van der Waals surface area (Å²) in [5.41, 5.74) is 14.3. The first kappa shape index (κ1) is 39.9. The van der Waals surface area contributed by atoms with Crippen molar-refractivity contribution in [2.45, 2.75) is 63.9 Å². The number of hydrogen-bond acceptors (Lipinski definition) is 8.